The van der Waals surface area contributed by atoms with Gasteiger partial charge in [0.25, 0.3) is 0 Å². The molecule has 2 aromatic carbocycles. The molecule has 1 aliphatic heterocycles. The lowest BCUT2D eigenvalue weighted by Gasteiger charge is -2.15. The molecule has 4 heteroatoms. The minimum absolute atomic E-state index is 0.561. The molecule has 1 N–H and O–H groups in total. The lowest BCUT2D eigenvalue weighted by molar-refractivity contribution is 0.173. The van der Waals surface area contributed by atoms with Crippen molar-refractivity contribution in [2.45, 2.75) is 18.9 Å². The fraction of sp³-hybridized carbons (Fsp3) is 0.250. The normalized spacial score (nSPS) is 14.8. The summed E-state index contributed by atoms with van der Waals surface area (Å²) in [6.07, 6.45) is 0.922. The Balaban J connectivity index is 1.89. The average Bonchev–Trinajstić information content (AvgIpc) is 2.85. The van der Waals surface area contributed by atoms with Crippen molar-refractivity contribution in [2.75, 3.05) is 6.61 Å². The van der Waals surface area contributed by atoms with Crippen LogP contribution in [0.1, 0.15) is 22.8 Å². The Morgan fingerprint density at radius 2 is 2.00 bits per heavy atom. The van der Waals surface area contributed by atoms with Crippen LogP contribution in [0.2, 0.25) is 0 Å². The van der Waals surface area contributed by atoms with Crippen LogP contribution in [0, 0.1) is 0 Å². The summed E-state index contributed by atoms with van der Waals surface area (Å²) < 4.78 is 7.69. The van der Waals surface area contributed by atoms with Gasteiger partial charge in [-0.15, -0.1) is 0 Å². The highest BCUT2D eigenvalue weighted by Gasteiger charge is 2.22. The van der Waals surface area contributed by atoms with Gasteiger partial charge < -0.3 is 9.84 Å². The number of hydrogen-bond acceptors (Lipinski definition) is 2. The Morgan fingerprint density at radius 1 is 1.15 bits per heavy atom. The third-order valence-electron chi connectivity index (χ3n) is 3.45. The molecule has 1 atom stereocenters. The monoisotopic (exact) mass is 396 g/mol. The lowest BCUT2D eigenvalue weighted by atomic mass is 9.98. The second kappa shape index (κ2) is 5.88. The second-order valence-electron chi connectivity index (χ2n) is 4.93. The molecule has 0 saturated heterocycles. The van der Waals surface area contributed by atoms with E-state index in [1.807, 2.05) is 30.3 Å². The Bertz CT molecular complexity index is 640. The molecule has 0 radical (unpaired) electrons. The molecular formula is C16H14Br2O2. The molecule has 3 rings (SSSR count). The van der Waals surface area contributed by atoms with E-state index in [2.05, 4.69) is 37.9 Å². The summed E-state index contributed by atoms with van der Waals surface area (Å²) in [5.74, 6) is 0.857. The molecule has 0 saturated carbocycles. The van der Waals surface area contributed by atoms with Gasteiger partial charge in [0.05, 0.1) is 12.7 Å². The average molecular weight is 398 g/mol. The number of aliphatic hydroxyl groups is 1. The van der Waals surface area contributed by atoms with Gasteiger partial charge in [0, 0.05) is 27.4 Å². The van der Waals surface area contributed by atoms with Crippen molar-refractivity contribution in [3.63, 3.8) is 0 Å². The highest BCUT2D eigenvalue weighted by molar-refractivity contribution is 9.10. The maximum absolute atomic E-state index is 10.5. The van der Waals surface area contributed by atoms with Crippen molar-refractivity contribution in [1.29, 1.82) is 0 Å². The zero-order chi connectivity index (χ0) is 14.1. The van der Waals surface area contributed by atoms with Gasteiger partial charge in [0.2, 0.25) is 0 Å². The van der Waals surface area contributed by atoms with Crippen LogP contribution >= 0.6 is 31.9 Å². The fourth-order valence-corrected chi connectivity index (χ4v) is 3.51. The first-order chi connectivity index (χ1) is 9.63. The molecule has 0 fully saturated rings. The largest absolute Gasteiger partial charge is 0.493 e. The van der Waals surface area contributed by atoms with Crippen LogP contribution in [0.3, 0.4) is 0 Å². The van der Waals surface area contributed by atoms with E-state index in [-0.39, 0.29) is 0 Å². The van der Waals surface area contributed by atoms with E-state index in [0.717, 1.165) is 32.2 Å². The number of benzene rings is 2. The van der Waals surface area contributed by atoms with Gasteiger partial charge in [-0.2, -0.15) is 0 Å². The van der Waals surface area contributed by atoms with Gasteiger partial charge in [0.1, 0.15) is 5.75 Å². The minimum Gasteiger partial charge on any atom is -0.493 e. The van der Waals surface area contributed by atoms with Gasteiger partial charge in [-0.3, -0.25) is 0 Å². The van der Waals surface area contributed by atoms with E-state index in [1.165, 1.54) is 5.56 Å². The number of fused-ring (bicyclic) bond motifs is 1. The quantitative estimate of drug-likeness (QED) is 0.830. The fourth-order valence-electron chi connectivity index (χ4n) is 2.54. The maximum Gasteiger partial charge on any atom is 0.128 e. The van der Waals surface area contributed by atoms with E-state index in [0.29, 0.717) is 13.0 Å². The van der Waals surface area contributed by atoms with Crippen LogP contribution in [0.25, 0.3) is 0 Å². The number of hydrogen-bond donors (Lipinski definition) is 1. The van der Waals surface area contributed by atoms with Crippen LogP contribution in [0.4, 0.5) is 0 Å². The summed E-state index contributed by atoms with van der Waals surface area (Å²) in [5.41, 5.74) is 3.13. The van der Waals surface area contributed by atoms with E-state index in [1.54, 1.807) is 0 Å². The molecule has 0 aromatic heterocycles. The summed E-state index contributed by atoms with van der Waals surface area (Å²) in [7, 11) is 0. The SMILES string of the molecule is OC(Cc1cccc(Br)c1)c1cc(Br)cc2c1OCC2. The highest BCUT2D eigenvalue weighted by atomic mass is 79.9. The Kier molecular flexibility index (Phi) is 4.15. The molecule has 2 nitrogen and oxygen atoms in total. The van der Waals surface area contributed by atoms with E-state index < -0.39 is 6.10 Å². The van der Waals surface area contributed by atoms with E-state index in [9.17, 15) is 5.11 Å². The topological polar surface area (TPSA) is 29.5 Å². The van der Waals surface area contributed by atoms with Gasteiger partial charge in [-0.25, -0.2) is 0 Å². The summed E-state index contributed by atoms with van der Waals surface area (Å²) in [6, 6.07) is 12.0. The zero-order valence-electron chi connectivity index (χ0n) is 10.8. The van der Waals surface area contributed by atoms with Crippen molar-refractivity contribution < 1.29 is 9.84 Å². The Labute approximate surface area is 135 Å². The molecule has 2 aromatic rings. The first kappa shape index (κ1) is 14.1. The van der Waals surface area contributed by atoms with Crippen LogP contribution in [0.15, 0.2) is 45.3 Å². The minimum atomic E-state index is -0.561. The third kappa shape index (κ3) is 2.92. The summed E-state index contributed by atoms with van der Waals surface area (Å²) >= 11 is 6.96. The molecule has 1 unspecified atom stereocenters. The van der Waals surface area contributed by atoms with Gasteiger partial charge in [-0.05, 0) is 35.4 Å². The number of aliphatic hydroxyl groups excluding tert-OH is 1. The second-order valence-corrected chi connectivity index (χ2v) is 6.76. The number of halogens is 2. The molecule has 0 bridgehead atoms. The van der Waals surface area contributed by atoms with E-state index >= 15 is 0 Å². The summed E-state index contributed by atoms with van der Waals surface area (Å²) in [4.78, 5) is 0. The highest BCUT2D eigenvalue weighted by Crippen LogP contribution is 2.37. The van der Waals surface area contributed by atoms with Crippen LogP contribution in [-0.4, -0.2) is 11.7 Å². The van der Waals surface area contributed by atoms with E-state index in [4.69, 9.17) is 4.74 Å². The predicted molar refractivity (Wildman–Crippen MR) is 86.1 cm³/mol. The summed E-state index contributed by atoms with van der Waals surface area (Å²) in [6.45, 7) is 0.697. The molecule has 0 spiro atoms. The Hall–Kier alpha value is -0.840. The number of ether oxygens (including phenoxy) is 1. The van der Waals surface area contributed by atoms with Gasteiger partial charge in [-0.1, -0.05) is 44.0 Å². The molecule has 104 valence electrons. The first-order valence-electron chi connectivity index (χ1n) is 6.51. The van der Waals surface area contributed by atoms with Crippen molar-refractivity contribution in [3.8, 4) is 5.75 Å². The third-order valence-corrected chi connectivity index (χ3v) is 4.41. The number of rotatable bonds is 3. The molecular weight excluding hydrogens is 384 g/mol. The smallest absolute Gasteiger partial charge is 0.128 e. The Morgan fingerprint density at radius 3 is 2.80 bits per heavy atom. The molecule has 1 aliphatic rings. The first-order valence-corrected chi connectivity index (χ1v) is 8.10. The molecule has 1 heterocycles. The molecule has 20 heavy (non-hydrogen) atoms. The van der Waals surface area contributed by atoms with Crippen LogP contribution in [0.5, 0.6) is 5.75 Å². The van der Waals surface area contributed by atoms with Crippen molar-refractivity contribution in [1.82, 2.24) is 0 Å². The zero-order valence-corrected chi connectivity index (χ0v) is 13.9. The summed E-state index contributed by atoms with van der Waals surface area (Å²) in [5, 5.41) is 10.5. The van der Waals surface area contributed by atoms with Gasteiger partial charge >= 0.3 is 0 Å². The van der Waals surface area contributed by atoms with Crippen molar-refractivity contribution >= 4 is 31.9 Å². The lowest BCUT2D eigenvalue weighted by Crippen LogP contribution is -2.04. The molecule has 0 aliphatic carbocycles. The van der Waals surface area contributed by atoms with Crippen molar-refractivity contribution in [3.05, 3.63) is 62.0 Å². The standard InChI is InChI=1S/C16H14Br2O2/c17-12-3-1-2-10(6-12)7-15(19)14-9-13(18)8-11-4-5-20-16(11)14/h1-3,6,8-9,15,19H,4-5,7H2. The van der Waals surface area contributed by atoms with Crippen LogP contribution < -0.4 is 4.74 Å². The van der Waals surface area contributed by atoms with Gasteiger partial charge in [0.15, 0.2) is 0 Å². The maximum atomic E-state index is 10.5. The molecule has 0 amide bonds. The van der Waals surface area contributed by atoms with Crippen molar-refractivity contribution in [2.24, 2.45) is 0 Å². The van der Waals surface area contributed by atoms with Crippen LogP contribution in [-0.2, 0) is 12.8 Å². The predicted octanol–water partition coefficient (Wildman–Crippen LogP) is 4.42.